The van der Waals surface area contributed by atoms with Crippen molar-refractivity contribution in [3.8, 4) is 6.07 Å². The number of benzene rings is 1. The van der Waals surface area contributed by atoms with Crippen molar-refractivity contribution in [1.29, 1.82) is 5.26 Å². The number of aromatic amines is 1. The number of likely N-dealkylation sites (tertiary alicyclic amines) is 1. The van der Waals surface area contributed by atoms with E-state index >= 15 is 0 Å². The molecule has 1 aromatic heterocycles. The first kappa shape index (κ1) is 16.6. The van der Waals surface area contributed by atoms with Crippen molar-refractivity contribution in [2.24, 2.45) is 0 Å². The summed E-state index contributed by atoms with van der Waals surface area (Å²) in [7, 11) is 4.23. The van der Waals surface area contributed by atoms with Crippen LogP contribution in [-0.2, 0) is 6.54 Å². The molecule has 0 aliphatic carbocycles. The molecule has 0 spiro atoms. The molecule has 0 saturated carbocycles. The molecular weight excluding hydrogens is 300 g/mol. The van der Waals surface area contributed by atoms with Crippen LogP contribution in [0.2, 0.25) is 0 Å². The Morgan fingerprint density at radius 2 is 2.17 bits per heavy atom. The van der Waals surface area contributed by atoms with Crippen LogP contribution in [0.3, 0.4) is 0 Å². The van der Waals surface area contributed by atoms with Gasteiger partial charge in [-0.2, -0.15) is 10.4 Å². The molecule has 126 valence electrons. The zero-order valence-corrected chi connectivity index (χ0v) is 14.5. The van der Waals surface area contributed by atoms with Crippen molar-refractivity contribution in [2.45, 2.75) is 31.8 Å². The Balaban J connectivity index is 1.74. The van der Waals surface area contributed by atoms with Crippen LogP contribution in [0.1, 0.15) is 35.1 Å². The molecule has 1 aromatic carbocycles. The SMILES string of the molecule is Cc1nc([C@H]2CCN(Cc3ccccc3C#N)C[C@H]2N(C)C)n[nH]1. The van der Waals surface area contributed by atoms with Crippen LogP contribution in [0.15, 0.2) is 24.3 Å². The average molecular weight is 324 g/mol. The summed E-state index contributed by atoms with van der Waals surface area (Å²) in [5.74, 6) is 2.13. The number of nitrogens with zero attached hydrogens (tertiary/aromatic N) is 5. The molecule has 6 nitrogen and oxygen atoms in total. The van der Waals surface area contributed by atoms with Crippen LogP contribution in [0.4, 0.5) is 0 Å². The second-order valence-corrected chi connectivity index (χ2v) is 6.71. The lowest BCUT2D eigenvalue weighted by Gasteiger charge is -2.40. The molecule has 0 amide bonds. The smallest absolute Gasteiger partial charge is 0.155 e. The lowest BCUT2D eigenvalue weighted by molar-refractivity contribution is 0.105. The molecule has 1 fully saturated rings. The summed E-state index contributed by atoms with van der Waals surface area (Å²) >= 11 is 0. The maximum atomic E-state index is 9.28. The second kappa shape index (κ2) is 7.12. The molecule has 1 aliphatic rings. The van der Waals surface area contributed by atoms with Gasteiger partial charge >= 0.3 is 0 Å². The van der Waals surface area contributed by atoms with Gasteiger partial charge in [-0.15, -0.1) is 0 Å². The predicted molar refractivity (Wildman–Crippen MR) is 92.4 cm³/mol. The lowest BCUT2D eigenvalue weighted by Crippen LogP contribution is -2.49. The summed E-state index contributed by atoms with van der Waals surface area (Å²) in [6.45, 7) is 4.69. The fraction of sp³-hybridized carbons (Fsp3) is 0.500. The number of hydrogen-bond donors (Lipinski definition) is 1. The topological polar surface area (TPSA) is 71.8 Å². The minimum absolute atomic E-state index is 0.340. The first-order valence-corrected chi connectivity index (χ1v) is 8.34. The van der Waals surface area contributed by atoms with Crippen LogP contribution < -0.4 is 0 Å². The van der Waals surface area contributed by atoms with E-state index in [1.54, 1.807) is 0 Å². The molecule has 0 unspecified atom stereocenters. The van der Waals surface area contributed by atoms with E-state index in [2.05, 4.69) is 45.1 Å². The number of likely N-dealkylation sites (N-methyl/N-ethyl adjacent to an activating group) is 1. The number of rotatable bonds is 4. The number of aryl methyl sites for hydroxylation is 1. The van der Waals surface area contributed by atoms with Gasteiger partial charge in [-0.05, 0) is 45.6 Å². The van der Waals surface area contributed by atoms with Gasteiger partial charge in [-0.3, -0.25) is 10.00 Å². The second-order valence-electron chi connectivity index (χ2n) is 6.71. The molecule has 2 atom stereocenters. The third kappa shape index (κ3) is 3.48. The van der Waals surface area contributed by atoms with Gasteiger partial charge in [0.25, 0.3) is 0 Å². The van der Waals surface area contributed by atoms with Crippen molar-refractivity contribution in [3.05, 3.63) is 47.0 Å². The highest BCUT2D eigenvalue weighted by Gasteiger charge is 2.34. The molecular formula is C18H24N6. The minimum Gasteiger partial charge on any atom is -0.304 e. The Bertz CT molecular complexity index is 729. The summed E-state index contributed by atoms with van der Waals surface area (Å²) in [6.07, 6.45) is 1.02. The predicted octanol–water partition coefficient (Wildman–Crippen LogP) is 1.90. The highest BCUT2D eigenvalue weighted by molar-refractivity contribution is 5.37. The van der Waals surface area contributed by atoms with Crippen LogP contribution in [0.5, 0.6) is 0 Å². The maximum absolute atomic E-state index is 9.28. The number of nitriles is 1. The molecule has 24 heavy (non-hydrogen) atoms. The summed E-state index contributed by atoms with van der Waals surface area (Å²) in [4.78, 5) is 9.24. The summed E-state index contributed by atoms with van der Waals surface area (Å²) < 4.78 is 0. The Morgan fingerprint density at radius 1 is 1.38 bits per heavy atom. The number of hydrogen-bond acceptors (Lipinski definition) is 5. The number of H-pyrrole nitrogens is 1. The molecule has 0 radical (unpaired) electrons. The van der Waals surface area contributed by atoms with Crippen LogP contribution in [-0.4, -0.2) is 58.2 Å². The van der Waals surface area contributed by atoms with Crippen molar-refractivity contribution in [1.82, 2.24) is 25.0 Å². The van der Waals surface area contributed by atoms with Gasteiger partial charge in [0.1, 0.15) is 5.82 Å². The van der Waals surface area contributed by atoms with Gasteiger partial charge in [0, 0.05) is 25.0 Å². The van der Waals surface area contributed by atoms with Crippen molar-refractivity contribution in [2.75, 3.05) is 27.2 Å². The first-order chi connectivity index (χ1) is 11.6. The Hall–Kier alpha value is -2.23. The normalized spacial score (nSPS) is 21.8. The zero-order valence-electron chi connectivity index (χ0n) is 14.5. The zero-order chi connectivity index (χ0) is 17.1. The van der Waals surface area contributed by atoms with E-state index in [9.17, 15) is 5.26 Å². The number of nitrogens with one attached hydrogen (secondary N) is 1. The molecule has 1 aliphatic heterocycles. The first-order valence-electron chi connectivity index (χ1n) is 8.34. The van der Waals surface area contributed by atoms with E-state index < -0.39 is 0 Å². The van der Waals surface area contributed by atoms with E-state index in [4.69, 9.17) is 0 Å². The van der Waals surface area contributed by atoms with E-state index in [1.165, 1.54) is 0 Å². The van der Waals surface area contributed by atoms with Gasteiger partial charge in [-0.25, -0.2) is 4.98 Å². The number of aromatic nitrogens is 3. The van der Waals surface area contributed by atoms with E-state index in [0.717, 1.165) is 48.8 Å². The van der Waals surface area contributed by atoms with Gasteiger partial charge in [0.2, 0.25) is 0 Å². The van der Waals surface area contributed by atoms with Crippen LogP contribution in [0, 0.1) is 18.3 Å². The van der Waals surface area contributed by atoms with Gasteiger partial charge in [0.15, 0.2) is 5.82 Å². The van der Waals surface area contributed by atoms with Gasteiger partial charge in [-0.1, -0.05) is 18.2 Å². The standard InChI is InChI=1S/C18H24N6/c1-13-20-18(22-21-13)16-8-9-24(12-17(16)23(2)3)11-15-7-5-4-6-14(15)10-19/h4-7,16-17H,8-9,11-12H2,1-3H3,(H,20,21,22)/t16-,17+/m0/s1. The third-order valence-corrected chi connectivity index (χ3v) is 4.81. The molecule has 2 aromatic rings. The van der Waals surface area contributed by atoms with Crippen LogP contribution >= 0.6 is 0 Å². The third-order valence-electron chi connectivity index (χ3n) is 4.81. The van der Waals surface area contributed by atoms with Crippen molar-refractivity contribution in [3.63, 3.8) is 0 Å². The highest BCUT2D eigenvalue weighted by Crippen LogP contribution is 2.29. The molecule has 1 N–H and O–H groups in total. The Kier molecular flexibility index (Phi) is 4.93. The number of piperidine rings is 1. The average Bonchev–Trinajstić information content (AvgIpc) is 3.01. The van der Waals surface area contributed by atoms with E-state index in [1.807, 2.05) is 31.2 Å². The monoisotopic (exact) mass is 324 g/mol. The van der Waals surface area contributed by atoms with Gasteiger partial charge in [0.05, 0.1) is 11.6 Å². The summed E-state index contributed by atoms with van der Waals surface area (Å²) in [5, 5.41) is 16.6. The van der Waals surface area contributed by atoms with E-state index in [-0.39, 0.29) is 0 Å². The Labute approximate surface area is 143 Å². The quantitative estimate of drug-likeness (QED) is 0.930. The molecule has 6 heteroatoms. The summed E-state index contributed by atoms with van der Waals surface area (Å²) in [6, 6.07) is 10.5. The van der Waals surface area contributed by atoms with Crippen molar-refractivity contribution >= 4 is 0 Å². The fourth-order valence-corrected chi connectivity index (χ4v) is 3.50. The van der Waals surface area contributed by atoms with Crippen molar-refractivity contribution < 1.29 is 0 Å². The lowest BCUT2D eigenvalue weighted by atomic mass is 9.89. The van der Waals surface area contributed by atoms with Gasteiger partial charge < -0.3 is 4.90 Å². The minimum atomic E-state index is 0.340. The largest absolute Gasteiger partial charge is 0.304 e. The molecule has 0 bridgehead atoms. The van der Waals surface area contributed by atoms with E-state index in [0.29, 0.717) is 12.0 Å². The molecule has 1 saturated heterocycles. The summed E-state index contributed by atoms with van der Waals surface area (Å²) in [5.41, 5.74) is 1.87. The molecule has 2 heterocycles. The highest BCUT2D eigenvalue weighted by atomic mass is 15.3. The molecule has 3 rings (SSSR count). The van der Waals surface area contributed by atoms with Crippen LogP contribution in [0.25, 0.3) is 0 Å². The maximum Gasteiger partial charge on any atom is 0.155 e. The Morgan fingerprint density at radius 3 is 2.83 bits per heavy atom. The fourth-order valence-electron chi connectivity index (χ4n) is 3.50.